The SMILES string of the molecule is C=C=c1c2c(C=C)ccc(C)c2c(=C)c2c(Nc3ccc(CCCC)cc3)ccc(Nc3ccc(CCCC)cc3)c12. The summed E-state index contributed by atoms with van der Waals surface area (Å²) in [6.45, 7) is 19.6. The molecule has 0 aromatic heterocycles. The van der Waals surface area contributed by atoms with Gasteiger partial charge in [0.25, 0.3) is 0 Å². The number of rotatable bonds is 11. The summed E-state index contributed by atoms with van der Waals surface area (Å²) in [5.74, 6) is 0. The normalized spacial score (nSPS) is 11.0. The van der Waals surface area contributed by atoms with Crippen LogP contribution in [0.4, 0.5) is 22.7 Å². The zero-order chi connectivity index (χ0) is 29.6. The first-order valence-electron chi connectivity index (χ1n) is 15.2. The highest BCUT2D eigenvalue weighted by Gasteiger charge is 2.16. The van der Waals surface area contributed by atoms with Gasteiger partial charge in [0.2, 0.25) is 0 Å². The van der Waals surface area contributed by atoms with Crippen LogP contribution >= 0.6 is 0 Å². The van der Waals surface area contributed by atoms with Crippen molar-refractivity contribution in [2.45, 2.75) is 59.3 Å². The van der Waals surface area contributed by atoms with E-state index >= 15 is 0 Å². The lowest BCUT2D eigenvalue weighted by Crippen LogP contribution is -2.17. The molecule has 0 saturated carbocycles. The molecule has 0 atom stereocenters. The Morgan fingerprint density at radius 3 is 1.67 bits per heavy atom. The van der Waals surface area contributed by atoms with E-state index < -0.39 is 0 Å². The average molecular weight is 551 g/mol. The van der Waals surface area contributed by atoms with Crippen LogP contribution in [0.25, 0.3) is 39.9 Å². The zero-order valence-corrected chi connectivity index (χ0v) is 25.4. The van der Waals surface area contributed by atoms with Gasteiger partial charge in [-0.25, -0.2) is 0 Å². The number of aryl methyl sites for hydroxylation is 3. The molecule has 0 aliphatic heterocycles. The van der Waals surface area contributed by atoms with Gasteiger partial charge in [0, 0.05) is 44.1 Å². The molecular weight excluding hydrogens is 508 g/mol. The number of anilines is 4. The Bertz CT molecular complexity index is 1870. The Morgan fingerprint density at radius 1 is 0.667 bits per heavy atom. The minimum Gasteiger partial charge on any atom is -0.355 e. The first-order valence-corrected chi connectivity index (χ1v) is 15.2. The lowest BCUT2D eigenvalue weighted by atomic mass is 9.91. The summed E-state index contributed by atoms with van der Waals surface area (Å²) in [6.07, 6.45) is 8.94. The predicted molar refractivity (Wildman–Crippen MR) is 187 cm³/mol. The van der Waals surface area contributed by atoms with Crippen molar-refractivity contribution >= 4 is 62.7 Å². The molecule has 5 rings (SSSR count). The van der Waals surface area contributed by atoms with E-state index in [4.69, 9.17) is 0 Å². The van der Waals surface area contributed by atoms with Crippen LogP contribution in [0, 0.1) is 6.92 Å². The standard InChI is InChI=1S/C40H42N2/c1-7-11-13-29-16-21-32(22-17-29)41-35-25-26-36(42-33-23-18-30(19-24-33)14-12-8-2)40-34(10-4)39-31(9-3)20-15-27(5)37(39)28(6)38(35)40/h9,15-26,41-42H,3-4,6-8,11-14H2,1-2,5H3. The first-order chi connectivity index (χ1) is 20.5. The Balaban J connectivity index is 1.71. The second kappa shape index (κ2) is 13.0. The topological polar surface area (TPSA) is 24.1 Å². The van der Waals surface area contributed by atoms with E-state index in [9.17, 15) is 0 Å². The maximum absolute atomic E-state index is 4.68. The van der Waals surface area contributed by atoms with Gasteiger partial charge in [-0.2, -0.15) is 0 Å². The van der Waals surface area contributed by atoms with Crippen LogP contribution in [0.5, 0.6) is 0 Å². The predicted octanol–water partition coefficient (Wildman–Crippen LogP) is 10.1. The zero-order valence-electron chi connectivity index (χ0n) is 25.4. The van der Waals surface area contributed by atoms with E-state index in [2.05, 4.69) is 130 Å². The maximum atomic E-state index is 4.68. The van der Waals surface area contributed by atoms with Gasteiger partial charge in [0.1, 0.15) is 0 Å². The second-order valence-electron chi connectivity index (χ2n) is 11.2. The summed E-state index contributed by atoms with van der Waals surface area (Å²) in [7, 11) is 0. The van der Waals surface area contributed by atoms with Gasteiger partial charge in [-0.3, -0.25) is 0 Å². The maximum Gasteiger partial charge on any atom is 0.0478 e. The third kappa shape index (κ3) is 5.77. The Labute approximate surface area is 250 Å². The van der Waals surface area contributed by atoms with Crippen LogP contribution in [-0.2, 0) is 12.8 Å². The van der Waals surface area contributed by atoms with Crippen molar-refractivity contribution < 1.29 is 0 Å². The lowest BCUT2D eigenvalue weighted by molar-refractivity contribution is 0.795. The number of fused-ring (bicyclic) bond motifs is 2. The molecule has 0 fully saturated rings. The van der Waals surface area contributed by atoms with E-state index in [1.54, 1.807) is 0 Å². The molecule has 0 aliphatic carbocycles. The van der Waals surface area contributed by atoms with E-state index in [0.717, 1.165) is 73.1 Å². The van der Waals surface area contributed by atoms with Crippen molar-refractivity contribution in [3.63, 3.8) is 0 Å². The molecule has 0 aliphatic rings. The summed E-state index contributed by atoms with van der Waals surface area (Å²) in [5.41, 5.74) is 12.4. The number of hydrogen-bond acceptors (Lipinski definition) is 2. The molecule has 0 amide bonds. The highest BCUT2D eigenvalue weighted by molar-refractivity contribution is 6.13. The molecule has 0 saturated heterocycles. The average Bonchev–Trinajstić information content (AvgIpc) is 3.01. The van der Waals surface area contributed by atoms with E-state index in [-0.39, 0.29) is 0 Å². The Hall–Kier alpha value is -4.52. The van der Waals surface area contributed by atoms with E-state index in [1.165, 1.54) is 42.4 Å². The molecule has 0 bridgehead atoms. The highest BCUT2D eigenvalue weighted by Crippen LogP contribution is 2.33. The van der Waals surface area contributed by atoms with Gasteiger partial charge in [-0.1, -0.05) is 88.9 Å². The number of nitrogens with one attached hydrogen (secondary N) is 2. The monoisotopic (exact) mass is 550 g/mol. The summed E-state index contributed by atoms with van der Waals surface area (Å²) in [4.78, 5) is 0. The molecule has 42 heavy (non-hydrogen) atoms. The van der Waals surface area contributed by atoms with Crippen LogP contribution in [0.15, 0.2) is 86.0 Å². The molecule has 212 valence electrons. The van der Waals surface area contributed by atoms with Crippen LogP contribution in [-0.4, -0.2) is 0 Å². The third-order valence-electron chi connectivity index (χ3n) is 8.26. The molecule has 0 heterocycles. The van der Waals surface area contributed by atoms with Crippen molar-refractivity contribution in [2.75, 3.05) is 10.6 Å². The highest BCUT2D eigenvalue weighted by atomic mass is 14.9. The summed E-state index contributed by atoms with van der Waals surface area (Å²) in [5, 5.41) is 13.7. The number of benzene rings is 5. The van der Waals surface area contributed by atoms with Crippen molar-refractivity contribution in [1.82, 2.24) is 0 Å². The van der Waals surface area contributed by atoms with Crippen LogP contribution < -0.4 is 21.1 Å². The molecule has 5 aromatic carbocycles. The van der Waals surface area contributed by atoms with Crippen molar-refractivity contribution in [2.24, 2.45) is 0 Å². The molecule has 2 nitrogen and oxygen atoms in total. The Morgan fingerprint density at radius 2 is 1.19 bits per heavy atom. The van der Waals surface area contributed by atoms with Gasteiger partial charge < -0.3 is 10.6 Å². The molecule has 0 radical (unpaired) electrons. The van der Waals surface area contributed by atoms with E-state index in [0.29, 0.717) is 0 Å². The molecule has 2 N–H and O–H groups in total. The molecule has 0 unspecified atom stereocenters. The number of hydrogen-bond donors (Lipinski definition) is 2. The summed E-state index contributed by atoms with van der Waals surface area (Å²) in [6, 6.07) is 26.2. The van der Waals surface area contributed by atoms with Crippen molar-refractivity contribution in [3.05, 3.63) is 119 Å². The summed E-state index contributed by atoms with van der Waals surface area (Å²) >= 11 is 0. The van der Waals surface area contributed by atoms with Gasteiger partial charge >= 0.3 is 0 Å². The molecule has 2 heteroatoms. The minimum absolute atomic E-state index is 0.964. The van der Waals surface area contributed by atoms with Gasteiger partial charge in [0.05, 0.1) is 0 Å². The van der Waals surface area contributed by atoms with Crippen LogP contribution in [0.1, 0.15) is 61.8 Å². The van der Waals surface area contributed by atoms with Crippen LogP contribution in [0.3, 0.4) is 0 Å². The van der Waals surface area contributed by atoms with Crippen molar-refractivity contribution in [1.29, 1.82) is 0 Å². The van der Waals surface area contributed by atoms with Gasteiger partial charge in [0.15, 0.2) is 0 Å². The lowest BCUT2D eigenvalue weighted by Gasteiger charge is -2.19. The third-order valence-corrected chi connectivity index (χ3v) is 8.26. The van der Waals surface area contributed by atoms with Gasteiger partial charge in [-0.05, 0) is 102 Å². The fraction of sp³-hybridized carbons (Fsp3) is 0.225. The molecule has 0 spiro atoms. The molecular formula is C40H42N2. The van der Waals surface area contributed by atoms with E-state index in [1.807, 2.05) is 6.08 Å². The first kappa shape index (κ1) is 29.0. The smallest absolute Gasteiger partial charge is 0.0478 e. The quantitative estimate of drug-likeness (QED) is 0.160. The molecule has 5 aromatic rings. The Kier molecular flexibility index (Phi) is 8.96. The fourth-order valence-electron chi connectivity index (χ4n) is 5.94. The number of unbranched alkanes of at least 4 members (excludes halogenated alkanes) is 2. The second-order valence-corrected chi connectivity index (χ2v) is 11.2. The van der Waals surface area contributed by atoms with Gasteiger partial charge in [-0.15, -0.1) is 5.73 Å². The summed E-state index contributed by atoms with van der Waals surface area (Å²) < 4.78 is 0. The largest absolute Gasteiger partial charge is 0.355 e. The fourth-order valence-corrected chi connectivity index (χ4v) is 5.94. The minimum atomic E-state index is 0.964. The van der Waals surface area contributed by atoms with Crippen molar-refractivity contribution in [3.8, 4) is 0 Å². The van der Waals surface area contributed by atoms with Crippen LogP contribution in [0.2, 0.25) is 0 Å².